The maximum Gasteiger partial charge on any atom is 0.230 e. The van der Waals surface area contributed by atoms with E-state index in [0.29, 0.717) is 19.0 Å². The van der Waals surface area contributed by atoms with Gasteiger partial charge >= 0.3 is 0 Å². The van der Waals surface area contributed by atoms with Crippen molar-refractivity contribution in [1.29, 1.82) is 0 Å². The minimum atomic E-state index is -0.308. The van der Waals surface area contributed by atoms with E-state index in [1.165, 1.54) is 0 Å². The summed E-state index contributed by atoms with van der Waals surface area (Å²) in [5.41, 5.74) is 0.805. The van der Waals surface area contributed by atoms with Crippen molar-refractivity contribution in [2.75, 3.05) is 34.8 Å². The molecule has 1 aliphatic rings. The standard InChI is InChI=1S/C19H30N4O2/c1-20-18(21-13-15-8-7-9-16(12-15)25-4)22-14-19(10-5-6-11-19)17(24)23(2)3/h7-9,12H,5-6,10-11,13-14H2,1-4H3,(H2,20,21,22). The molecule has 138 valence electrons. The van der Waals surface area contributed by atoms with Crippen molar-refractivity contribution in [2.24, 2.45) is 10.4 Å². The van der Waals surface area contributed by atoms with Crippen molar-refractivity contribution in [1.82, 2.24) is 15.5 Å². The maximum absolute atomic E-state index is 12.6. The normalized spacial score (nSPS) is 16.4. The number of methoxy groups -OCH3 is 1. The number of nitrogens with zero attached hydrogens (tertiary/aromatic N) is 2. The van der Waals surface area contributed by atoms with Crippen LogP contribution in [-0.4, -0.2) is 51.6 Å². The van der Waals surface area contributed by atoms with Gasteiger partial charge in [0.05, 0.1) is 12.5 Å². The molecule has 0 heterocycles. The Bertz CT molecular complexity index is 607. The number of rotatable bonds is 6. The zero-order valence-corrected chi connectivity index (χ0v) is 15.8. The highest BCUT2D eigenvalue weighted by atomic mass is 16.5. The molecule has 0 spiro atoms. The average molecular weight is 346 g/mol. The lowest BCUT2D eigenvalue weighted by atomic mass is 9.84. The summed E-state index contributed by atoms with van der Waals surface area (Å²) < 4.78 is 5.25. The summed E-state index contributed by atoms with van der Waals surface area (Å²) in [5.74, 6) is 1.75. The molecule has 0 unspecified atom stereocenters. The van der Waals surface area contributed by atoms with Crippen LogP contribution in [0.3, 0.4) is 0 Å². The molecule has 0 atom stereocenters. The highest BCUT2D eigenvalue weighted by molar-refractivity contribution is 5.85. The summed E-state index contributed by atoms with van der Waals surface area (Å²) >= 11 is 0. The molecule has 1 aromatic carbocycles. The fraction of sp³-hybridized carbons (Fsp3) is 0.579. The predicted molar refractivity (Wildman–Crippen MR) is 101 cm³/mol. The van der Waals surface area contributed by atoms with Gasteiger partial charge in [0.1, 0.15) is 5.75 Å². The van der Waals surface area contributed by atoms with E-state index in [1.807, 2.05) is 38.4 Å². The Kier molecular flexibility index (Phi) is 6.67. The molecule has 1 amide bonds. The van der Waals surface area contributed by atoms with Crippen LogP contribution in [0.25, 0.3) is 0 Å². The number of benzene rings is 1. The van der Waals surface area contributed by atoms with Crippen LogP contribution < -0.4 is 15.4 Å². The number of carbonyl (C=O) groups excluding carboxylic acids is 1. The van der Waals surface area contributed by atoms with Gasteiger partial charge in [0.2, 0.25) is 5.91 Å². The second kappa shape index (κ2) is 8.74. The van der Waals surface area contributed by atoms with Crippen LogP contribution in [0.15, 0.2) is 29.3 Å². The molecular formula is C19H30N4O2. The van der Waals surface area contributed by atoms with Gasteiger partial charge in [-0.05, 0) is 30.5 Å². The van der Waals surface area contributed by atoms with E-state index < -0.39 is 0 Å². The Hall–Kier alpha value is -2.24. The van der Waals surface area contributed by atoms with E-state index in [1.54, 1.807) is 19.1 Å². The summed E-state index contributed by atoms with van der Waals surface area (Å²) in [5, 5.41) is 6.65. The molecule has 2 rings (SSSR count). The fourth-order valence-corrected chi connectivity index (χ4v) is 3.43. The molecule has 1 aliphatic carbocycles. The van der Waals surface area contributed by atoms with Crippen molar-refractivity contribution in [2.45, 2.75) is 32.2 Å². The maximum atomic E-state index is 12.6. The molecule has 0 saturated heterocycles. The van der Waals surface area contributed by atoms with Gasteiger partial charge in [-0.25, -0.2) is 0 Å². The SMILES string of the molecule is CN=C(NCc1cccc(OC)c1)NCC1(C(=O)N(C)C)CCCC1. The fourth-order valence-electron chi connectivity index (χ4n) is 3.43. The van der Waals surface area contributed by atoms with Gasteiger partial charge in [-0.3, -0.25) is 9.79 Å². The monoisotopic (exact) mass is 346 g/mol. The lowest BCUT2D eigenvalue weighted by Crippen LogP contribution is -2.49. The number of hydrogen-bond acceptors (Lipinski definition) is 3. The van der Waals surface area contributed by atoms with Crippen molar-refractivity contribution in [3.63, 3.8) is 0 Å². The quantitative estimate of drug-likeness (QED) is 0.611. The summed E-state index contributed by atoms with van der Waals surface area (Å²) in [6.07, 6.45) is 4.09. The van der Waals surface area contributed by atoms with Crippen LogP contribution in [-0.2, 0) is 11.3 Å². The summed E-state index contributed by atoms with van der Waals surface area (Å²) in [7, 11) is 7.07. The second-order valence-corrected chi connectivity index (χ2v) is 6.82. The van der Waals surface area contributed by atoms with Gasteiger partial charge in [-0.15, -0.1) is 0 Å². The number of nitrogens with one attached hydrogen (secondary N) is 2. The van der Waals surface area contributed by atoms with Crippen molar-refractivity contribution in [3.8, 4) is 5.75 Å². The molecule has 25 heavy (non-hydrogen) atoms. The van der Waals surface area contributed by atoms with Crippen LogP contribution in [0.2, 0.25) is 0 Å². The highest BCUT2D eigenvalue weighted by Crippen LogP contribution is 2.38. The van der Waals surface area contributed by atoms with Crippen LogP contribution >= 0.6 is 0 Å². The predicted octanol–water partition coefficient (Wildman–Crippen LogP) is 2.01. The zero-order chi connectivity index (χ0) is 18.3. The highest BCUT2D eigenvalue weighted by Gasteiger charge is 2.42. The number of hydrogen-bond donors (Lipinski definition) is 2. The van der Waals surface area contributed by atoms with Crippen LogP contribution in [0.1, 0.15) is 31.2 Å². The Balaban J connectivity index is 1.94. The number of carbonyl (C=O) groups is 1. The Morgan fingerprint density at radius 3 is 2.60 bits per heavy atom. The van der Waals surface area contributed by atoms with E-state index in [0.717, 1.165) is 37.0 Å². The molecular weight excluding hydrogens is 316 g/mol. The Morgan fingerprint density at radius 2 is 2.00 bits per heavy atom. The van der Waals surface area contributed by atoms with Crippen LogP contribution in [0, 0.1) is 5.41 Å². The number of guanidine groups is 1. The number of aliphatic imine (C=N–C) groups is 1. The third kappa shape index (κ3) is 4.87. The molecule has 1 fully saturated rings. The largest absolute Gasteiger partial charge is 0.497 e. The number of ether oxygens (including phenoxy) is 1. The third-order valence-corrected chi connectivity index (χ3v) is 4.83. The molecule has 0 radical (unpaired) electrons. The topological polar surface area (TPSA) is 66.0 Å². The molecule has 0 aliphatic heterocycles. The van der Waals surface area contributed by atoms with E-state index in [9.17, 15) is 4.79 Å². The van der Waals surface area contributed by atoms with E-state index in [-0.39, 0.29) is 11.3 Å². The number of amides is 1. The lowest BCUT2D eigenvalue weighted by Gasteiger charge is -2.31. The molecule has 6 heteroatoms. The lowest BCUT2D eigenvalue weighted by molar-refractivity contribution is -0.138. The first-order chi connectivity index (χ1) is 12.0. The Morgan fingerprint density at radius 1 is 1.28 bits per heavy atom. The Labute approximate surface area is 150 Å². The second-order valence-electron chi connectivity index (χ2n) is 6.82. The van der Waals surface area contributed by atoms with Crippen LogP contribution in [0.4, 0.5) is 0 Å². The van der Waals surface area contributed by atoms with Gasteiger partial charge in [0, 0.05) is 34.2 Å². The van der Waals surface area contributed by atoms with Gasteiger partial charge in [-0.1, -0.05) is 25.0 Å². The molecule has 0 bridgehead atoms. The van der Waals surface area contributed by atoms with Crippen molar-refractivity contribution < 1.29 is 9.53 Å². The van der Waals surface area contributed by atoms with Crippen LogP contribution in [0.5, 0.6) is 5.75 Å². The summed E-state index contributed by atoms with van der Waals surface area (Å²) in [6.45, 7) is 1.26. The van der Waals surface area contributed by atoms with E-state index in [2.05, 4.69) is 15.6 Å². The third-order valence-electron chi connectivity index (χ3n) is 4.83. The zero-order valence-electron chi connectivity index (χ0n) is 15.8. The summed E-state index contributed by atoms with van der Waals surface area (Å²) in [4.78, 5) is 18.6. The van der Waals surface area contributed by atoms with Gasteiger partial charge in [0.25, 0.3) is 0 Å². The minimum absolute atomic E-state index is 0.209. The van der Waals surface area contributed by atoms with Gasteiger partial charge < -0.3 is 20.3 Å². The summed E-state index contributed by atoms with van der Waals surface area (Å²) in [6, 6.07) is 7.92. The molecule has 0 aromatic heterocycles. The smallest absolute Gasteiger partial charge is 0.230 e. The van der Waals surface area contributed by atoms with Crippen molar-refractivity contribution in [3.05, 3.63) is 29.8 Å². The van der Waals surface area contributed by atoms with Gasteiger partial charge in [-0.2, -0.15) is 0 Å². The van der Waals surface area contributed by atoms with Gasteiger partial charge in [0.15, 0.2) is 5.96 Å². The molecule has 1 saturated carbocycles. The van der Waals surface area contributed by atoms with E-state index >= 15 is 0 Å². The molecule has 6 nitrogen and oxygen atoms in total. The first-order valence-corrected chi connectivity index (χ1v) is 8.80. The first kappa shape index (κ1) is 19.1. The minimum Gasteiger partial charge on any atom is -0.497 e. The van der Waals surface area contributed by atoms with Crippen molar-refractivity contribution >= 4 is 11.9 Å². The van der Waals surface area contributed by atoms with E-state index in [4.69, 9.17) is 4.74 Å². The first-order valence-electron chi connectivity index (χ1n) is 8.80. The average Bonchev–Trinajstić information content (AvgIpc) is 3.11. The molecule has 1 aromatic rings. The molecule has 2 N–H and O–H groups in total.